The first-order valence-corrected chi connectivity index (χ1v) is 18.9. The molecular weight excluding hydrogens is 580 g/mol. The molecule has 1 atom stereocenters. The Labute approximate surface area is 286 Å². The van der Waals surface area contributed by atoms with Gasteiger partial charge in [0.05, 0.1) is 18.3 Å². The molecule has 4 heteroatoms. The molecule has 0 saturated carbocycles. The minimum Gasteiger partial charge on any atom is -0.494 e. The molecule has 0 saturated heterocycles. The molecule has 0 bridgehead atoms. The summed E-state index contributed by atoms with van der Waals surface area (Å²) in [6, 6.07) is 23.3. The third-order valence-electron chi connectivity index (χ3n) is 9.00. The van der Waals surface area contributed by atoms with E-state index in [1.165, 1.54) is 103 Å². The average molecular weight is 643 g/mol. The van der Waals surface area contributed by atoms with Crippen molar-refractivity contribution in [1.82, 2.24) is 0 Å². The molecule has 4 nitrogen and oxygen atoms in total. The van der Waals surface area contributed by atoms with Crippen molar-refractivity contribution in [1.29, 1.82) is 0 Å². The molecule has 3 aromatic rings. The molecule has 47 heavy (non-hydrogen) atoms. The van der Waals surface area contributed by atoms with Crippen LogP contribution in [0.15, 0.2) is 72.8 Å². The van der Waals surface area contributed by atoms with E-state index in [0.29, 0.717) is 11.3 Å². The van der Waals surface area contributed by atoms with Gasteiger partial charge in [0, 0.05) is 6.61 Å². The number of carbonyl (C=O) groups excluding carboxylic acids is 1. The van der Waals surface area contributed by atoms with E-state index >= 15 is 0 Å². The van der Waals surface area contributed by atoms with Gasteiger partial charge in [0.2, 0.25) is 0 Å². The lowest BCUT2D eigenvalue weighted by Crippen LogP contribution is -2.08. The van der Waals surface area contributed by atoms with Crippen LogP contribution in [0.5, 0.6) is 11.5 Å². The number of unbranched alkanes of at least 4 members (excludes halogenated alkanes) is 16. The van der Waals surface area contributed by atoms with Crippen molar-refractivity contribution in [2.45, 2.75) is 142 Å². The minimum atomic E-state index is -0.363. The van der Waals surface area contributed by atoms with Crippen molar-refractivity contribution in [2.75, 3.05) is 13.2 Å². The Hall–Kier alpha value is -3.11. The predicted octanol–water partition coefficient (Wildman–Crippen LogP) is 13.1. The maximum absolute atomic E-state index is 12.8. The van der Waals surface area contributed by atoms with Crippen molar-refractivity contribution in [3.63, 3.8) is 0 Å². The second kappa shape index (κ2) is 24.1. The summed E-state index contributed by atoms with van der Waals surface area (Å²) < 4.78 is 17.6. The van der Waals surface area contributed by atoms with Crippen LogP contribution in [0, 0.1) is 0 Å². The lowest BCUT2D eigenvalue weighted by Gasteiger charge is -2.14. The van der Waals surface area contributed by atoms with Crippen molar-refractivity contribution in [3.8, 4) is 22.6 Å². The fraction of sp³-hybridized carbons (Fsp3) is 0.558. The number of benzene rings is 3. The quantitative estimate of drug-likeness (QED) is 0.0496. The highest BCUT2D eigenvalue weighted by atomic mass is 16.5. The number of hydrogen-bond acceptors (Lipinski definition) is 4. The molecule has 258 valence electrons. The maximum atomic E-state index is 12.8. The Morgan fingerprint density at radius 1 is 0.511 bits per heavy atom. The summed E-state index contributed by atoms with van der Waals surface area (Å²) in [5, 5.41) is 0. The summed E-state index contributed by atoms with van der Waals surface area (Å²) in [6.07, 6.45) is 23.8. The van der Waals surface area contributed by atoms with E-state index in [9.17, 15) is 4.79 Å². The van der Waals surface area contributed by atoms with E-state index in [0.717, 1.165) is 48.5 Å². The van der Waals surface area contributed by atoms with E-state index in [4.69, 9.17) is 14.2 Å². The van der Waals surface area contributed by atoms with E-state index < -0.39 is 0 Å². The highest BCUT2D eigenvalue weighted by Gasteiger charge is 2.11. The van der Waals surface area contributed by atoms with Crippen LogP contribution in [-0.4, -0.2) is 19.2 Å². The zero-order valence-electron chi connectivity index (χ0n) is 29.8. The van der Waals surface area contributed by atoms with E-state index in [-0.39, 0.29) is 12.1 Å². The summed E-state index contributed by atoms with van der Waals surface area (Å²) in [5.41, 5.74) is 3.74. The molecule has 0 aliphatic carbocycles. The molecule has 0 aliphatic heterocycles. The van der Waals surface area contributed by atoms with E-state index in [1.54, 1.807) is 0 Å². The fourth-order valence-electron chi connectivity index (χ4n) is 5.89. The lowest BCUT2D eigenvalue weighted by atomic mass is 10.0. The molecule has 0 N–H and O–H groups in total. The largest absolute Gasteiger partial charge is 0.494 e. The summed E-state index contributed by atoms with van der Waals surface area (Å²) in [5.74, 6) is 1.06. The highest BCUT2D eigenvalue weighted by molar-refractivity contribution is 5.91. The topological polar surface area (TPSA) is 44.8 Å². The summed E-state index contributed by atoms with van der Waals surface area (Å²) in [7, 11) is 0. The molecular formula is C43H62O4. The average Bonchev–Trinajstić information content (AvgIpc) is 3.10. The van der Waals surface area contributed by atoms with Crippen molar-refractivity contribution < 1.29 is 19.0 Å². The lowest BCUT2D eigenvalue weighted by molar-refractivity contribution is 0.0627. The Morgan fingerprint density at radius 3 is 1.47 bits per heavy atom. The number of rotatable bonds is 26. The predicted molar refractivity (Wildman–Crippen MR) is 198 cm³/mol. The summed E-state index contributed by atoms with van der Waals surface area (Å²) in [4.78, 5) is 12.8. The standard InChI is InChI=1S/C43H62O4/c1-4-6-8-10-11-12-13-14-15-16-17-18-19-21-34-45-36(3)37-26-32-42(33-27-37)47-43(44)40-24-22-38(23-25-40)39-28-30-41(31-29-39)46-35-20-9-7-5-2/h22-33,36H,4-21,34-35H2,1-3H3. The van der Waals surface area contributed by atoms with Crippen LogP contribution in [-0.2, 0) is 4.74 Å². The van der Waals surface area contributed by atoms with Gasteiger partial charge in [-0.15, -0.1) is 0 Å². The molecule has 0 amide bonds. The smallest absolute Gasteiger partial charge is 0.343 e. The zero-order valence-corrected chi connectivity index (χ0v) is 29.8. The van der Waals surface area contributed by atoms with Crippen LogP contribution in [0.3, 0.4) is 0 Å². The number of hydrogen-bond donors (Lipinski definition) is 0. The SMILES string of the molecule is CCCCCCCCCCCCCCCCOC(C)c1ccc(OC(=O)c2ccc(-c3ccc(OCCCCCC)cc3)cc2)cc1. The van der Waals surface area contributed by atoms with Gasteiger partial charge in [0.1, 0.15) is 11.5 Å². The molecule has 1 unspecified atom stereocenters. The van der Waals surface area contributed by atoms with E-state index in [1.807, 2.05) is 60.7 Å². The van der Waals surface area contributed by atoms with Crippen LogP contribution in [0.1, 0.15) is 158 Å². The number of esters is 1. The van der Waals surface area contributed by atoms with Crippen LogP contribution in [0.2, 0.25) is 0 Å². The monoisotopic (exact) mass is 642 g/mol. The third kappa shape index (κ3) is 16.0. The van der Waals surface area contributed by atoms with Gasteiger partial charge in [-0.1, -0.05) is 153 Å². The van der Waals surface area contributed by atoms with Crippen LogP contribution in [0.25, 0.3) is 11.1 Å². The first kappa shape index (κ1) is 38.3. The van der Waals surface area contributed by atoms with Gasteiger partial charge in [0.25, 0.3) is 0 Å². The molecule has 0 radical (unpaired) electrons. The van der Waals surface area contributed by atoms with Crippen molar-refractivity contribution >= 4 is 5.97 Å². The molecule has 0 heterocycles. The van der Waals surface area contributed by atoms with Gasteiger partial charge in [-0.25, -0.2) is 4.79 Å². The summed E-state index contributed by atoms with van der Waals surface area (Å²) >= 11 is 0. The highest BCUT2D eigenvalue weighted by Crippen LogP contribution is 2.25. The van der Waals surface area contributed by atoms with Gasteiger partial charge < -0.3 is 14.2 Å². The van der Waals surface area contributed by atoms with Crippen molar-refractivity contribution in [2.24, 2.45) is 0 Å². The van der Waals surface area contributed by atoms with Crippen molar-refractivity contribution in [3.05, 3.63) is 83.9 Å². The first-order valence-electron chi connectivity index (χ1n) is 18.9. The fourth-order valence-corrected chi connectivity index (χ4v) is 5.89. The van der Waals surface area contributed by atoms with Gasteiger partial charge in [0.15, 0.2) is 0 Å². The molecule has 3 rings (SSSR count). The number of carbonyl (C=O) groups is 1. The Morgan fingerprint density at radius 2 is 0.936 bits per heavy atom. The Bertz CT molecular complexity index is 1200. The molecule has 0 spiro atoms. The zero-order chi connectivity index (χ0) is 33.4. The molecule has 0 fully saturated rings. The van der Waals surface area contributed by atoms with Gasteiger partial charge in [-0.2, -0.15) is 0 Å². The van der Waals surface area contributed by atoms with Crippen LogP contribution >= 0.6 is 0 Å². The summed E-state index contributed by atoms with van der Waals surface area (Å²) in [6.45, 7) is 8.12. The normalized spacial score (nSPS) is 11.8. The van der Waals surface area contributed by atoms with Gasteiger partial charge >= 0.3 is 5.97 Å². The molecule has 0 aliphatic rings. The number of ether oxygens (including phenoxy) is 3. The van der Waals surface area contributed by atoms with Crippen LogP contribution < -0.4 is 9.47 Å². The Kier molecular flexibility index (Phi) is 19.7. The van der Waals surface area contributed by atoms with Gasteiger partial charge in [-0.3, -0.25) is 0 Å². The molecule has 0 aromatic heterocycles. The second-order valence-corrected chi connectivity index (χ2v) is 13.1. The first-order chi connectivity index (χ1) is 23.1. The molecule has 3 aromatic carbocycles. The maximum Gasteiger partial charge on any atom is 0.343 e. The Balaban J connectivity index is 1.27. The minimum absolute atomic E-state index is 0.0145. The van der Waals surface area contributed by atoms with Gasteiger partial charge in [-0.05, 0) is 72.9 Å². The van der Waals surface area contributed by atoms with Crippen LogP contribution in [0.4, 0.5) is 0 Å². The third-order valence-corrected chi connectivity index (χ3v) is 9.00. The van der Waals surface area contributed by atoms with E-state index in [2.05, 4.69) is 32.9 Å². The second-order valence-electron chi connectivity index (χ2n) is 13.1.